The Balaban J connectivity index is 1.70. The van der Waals surface area contributed by atoms with Crippen LogP contribution in [0.2, 0.25) is 0 Å². The van der Waals surface area contributed by atoms with Gasteiger partial charge in [0.15, 0.2) is 5.13 Å². The van der Waals surface area contributed by atoms with Gasteiger partial charge in [-0.15, -0.1) is 0 Å². The first-order chi connectivity index (χ1) is 13.1. The lowest BCUT2D eigenvalue weighted by molar-refractivity contribution is -0.0754. The molecule has 150 valence electrons. The van der Waals surface area contributed by atoms with Gasteiger partial charge in [-0.05, 0) is 25.7 Å². The van der Waals surface area contributed by atoms with E-state index in [1.165, 1.54) is 63.2 Å². The molecular weight excluding hydrogens is 364 g/mol. The maximum Gasteiger partial charge on any atom is 0.324 e. The van der Waals surface area contributed by atoms with E-state index in [-0.39, 0.29) is 11.9 Å². The maximum absolute atomic E-state index is 13.1. The molecule has 3 rings (SSSR count). The molecule has 0 spiro atoms. The quantitative estimate of drug-likeness (QED) is 0.757. The molecule has 0 radical (unpaired) electrons. The molecule has 1 heterocycles. The average Bonchev–Trinajstić information content (AvgIpc) is 3.17. The number of nitrogens with zero attached hydrogens (tertiary/aromatic N) is 3. The number of amides is 3. The number of urea groups is 1. The van der Waals surface area contributed by atoms with Crippen molar-refractivity contribution in [2.24, 2.45) is 0 Å². The summed E-state index contributed by atoms with van der Waals surface area (Å²) in [6.45, 7) is 0. The van der Waals surface area contributed by atoms with Gasteiger partial charge in [-0.3, -0.25) is 14.9 Å². The lowest BCUT2D eigenvalue weighted by Crippen LogP contribution is -2.50. The van der Waals surface area contributed by atoms with E-state index < -0.39 is 0 Å². The van der Waals surface area contributed by atoms with Crippen molar-refractivity contribution in [2.75, 3.05) is 19.5 Å². The number of aromatic nitrogens is 1. The van der Waals surface area contributed by atoms with Crippen LogP contribution in [0, 0.1) is 0 Å². The number of anilines is 1. The summed E-state index contributed by atoms with van der Waals surface area (Å²) in [7, 11) is 2.99. The molecule has 0 aliphatic heterocycles. The first kappa shape index (κ1) is 20.1. The van der Waals surface area contributed by atoms with E-state index in [1.807, 2.05) is 0 Å². The predicted octanol–water partition coefficient (Wildman–Crippen LogP) is 4.28. The van der Waals surface area contributed by atoms with Crippen LogP contribution in [0.25, 0.3) is 0 Å². The first-order valence-electron chi connectivity index (χ1n) is 9.97. The van der Waals surface area contributed by atoms with Crippen molar-refractivity contribution in [3.63, 3.8) is 0 Å². The smallest absolute Gasteiger partial charge is 0.319 e. The fraction of sp³-hybridized carbons (Fsp3) is 0.737. The molecule has 2 fully saturated rings. The van der Waals surface area contributed by atoms with Crippen LogP contribution < -0.4 is 5.32 Å². The molecule has 1 aromatic rings. The molecule has 27 heavy (non-hydrogen) atoms. The van der Waals surface area contributed by atoms with Gasteiger partial charge in [0.2, 0.25) is 0 Å². The zero-order valence-electron chi connectivity index (χ0n) is 16.3. The summed E-state index contributed by atoms with van der Waals surface area (Å²) in [5.41, 5.74) is 0. The minimum atomic E-state index is -0.271. The second-order valence-corrected chi connectivity index (χ2v) is 8.47. The van der Waals surface area contributed by atoms with Gasteiger partial charge in [0.1, 0.15) is 4.88 Å². The fourth-order valence-corrected chi connectivity index (χ4v) is 4.95. The van der Waals surface area contributed by atoms with Gasteiger partial charge in [-0.2, -0.15) is 0 Å². The molecule has 2 aliphatic carbocycles. The number of hydrogen-bond acceptors (Lipinski definition) is 5. The minimum Gasteiger partial charge on any atom is -0.319 e. The van der Waals surface area contributed by atoms with Crippen molar-refractivity contribution < 1.29 is 14.4 Å². The topological polar surface area (TPSA) is 74.8 Å². The molecular formula is C19H30N4O3S. The minimum absolute atomic E-state index is 0.0674. The van der Waals surface area contributed by atoms with Crippen molar-refractivity contribution >= 4 is 28.4 Å². The van der Waals surface area contributed by atoms with Gasteiger partial charge in [-0.25, -0.2) is 14.8 Å². The summed E-state index contributed by atoms with van der Waals surface area (Å²) in [6, 6.07) is 0.576. The monoisotopic (exact) mass is 394 g/mol. The Morgan fingerprint density at radius 1 is 1.07 bits per heavy atom. The highest BCUT2D eigenvalue weighted by atomic mass is 32.1. The van der Waals surface area contributed by atoms with Crippen molar-refractivity contribution in [2.45, 2.75) is 76.3 Å². The number of carbonyl (C=O) groups excluding carboxylic acids is 2. The van der Waals surface area contributed by atoms with Crippen LogP contribution in [0.1, 0.15) is 73.9 Å². The van der Waals surface area contributed by atoms with Gasteiger partial charge in [0, 0.05) is 19.1 Å². The summed E-state index contributed by atoms with van der Waals surface area (Å²) in [6.07, 6.45) is 13.1. The fourth-order valence-electron chi connectivity index (χ4n) is 4.17. The lowest BCUT2D eigenvalue weighted by atomic mass is 9.89. The van der Waals surface area contributed by atoms with E-state index in [1.54, 1.807) is 7.05 Å². The molecule has 0 aromatic carbocycles. The van der Waals surface area contributed by atoms with Crippen LogP contribution in [0.15, 0.2) is 6.20 Å². The predicted molar refractivity (Wildman–Crippen MR) is 106 cm³/mol. The summed E-state index contributed by atoms with van der Waals surface area (Å²) in [5, 5.41) is 4.56. The standard InChI is InChI=1S/C19H30N4O3S/c1-22(26-2)17(24)16-13-20-18(27-16)21-19(25)23(14-9-5-3-6-10-14)15-11-7-4-8-12-15/h13-15H,3-12H2,1-2H3,(H,20,21,25). The van der Waals surface area contributed by atoms with Crippen molar-refractivity contribution in [3.8, 4) is 0 Å². The molecule has 0 unspecified atom stereocenters. The molecule has 2 aliphatic rings. The van der Waals surface area contributed by atoms with Crippen LogP contribution in [0.5, 0.6) is 0 Å². The largest absolute Gasteiger partial charge is 0.324 e. The van der Waals surface area contributed by atoms with Crippen molar-refractivity contribution in [1.82, 2.24) is 14.9 Å². The van der Waals surface area contributed by atoms with Crippen molar-refractivity contribution in [1.29, 1.82) is 0 Å². The molecule has 7 nitrogen and oxygen atoms in total. The second-order valence-electron chi connectivity index (χ2n) is 7.44. The van der Waals surface area contributed by atoms with E-state index in [0.29, 0.717) is 22.1 Å². The Hall–Kier alpha value is -1.67. The summed E-state index contributed by atoms with van der Waals surface area (Å²) in [4.78, 5) is 37.0. The molecule has 3 amide bonds. The highest BCUT2D eigenvalue weighted by Crippen LogP contribution is 2.31. The number of carbonyl (C=O) groups is 2. The van der Waals surface area contributed by atoms with Crippen LogP contribution in [0.3, 0.4) is 0 Å². The molecule has 2 saturated carbocycles. The van der Waals surface area contributed by atoms with E-state index >= 15 is 0 Å². The Morgan fingerprint density at radius 3 is 2.15 bits per heavy atom. The summed E-state index contributed by atoms with van der Waals surface area (Å²) < 4.78 is 0. The van der Waals surface area contributed by atoms with Gasteiger partial charge in [-0.1, -0.05) is 49.9 Å². The Labute approximate surface area is 165 Å². The van der Waals surface area contributed by atoms with E-state index in [2.05, 4.69) is 15.2 Å². The number of rotatable bonds is 5. The van der Waals surface area contributed by atoms with Gasteiger partial charge < -0.3 is 4.90 Å². The molecule has 1 N–H and O–H groups in total. The van der Waals surface area contributed by atoms with E-state index in [9.17, 15) is 9.59 Å². The van der Waals surface area contributed by atoms with E-state index in [0.717, 1.165) is 30.7 Å². The first-order valence-corrected chi connectivity index (χ1v) is 10.8. The van der Waals surface area contributed by atoms with Crippen LogP contribution in [0.4, 0.5) is 9.93 Å². The van der Waals surface area contributed by atoms with E-state index in [4.69, 9.17) is 4.84 Å². The molecule has 1 aromatic heterocycles. The third-order valence-electron chi connectivity index (χ3n) is 5.66. The second kappa shape index (κ2) is 9.50. The maximum atomic E-state index is 13.1. The number of thiazole rings is 1. The van der Waals surface area contributed by atoms with Gasteiger partial charge in [0.05, 0.1) is 13.3 Å². The SMILES string of the molecule is CON(C)C(=O)c1cnc(NC(=O)N(C2CCCCC2)C2CCCCC2)s1. The highest BCUT2D eigenvalue weighted by molar-refractivity contribution is 7.17. The summed E-state index contributed by atoms with van der Waals surface area (Å²) >= 11 is 1.18. The normalized spacial score (nSPS) is 18.9. The Morgan fingerprint density at radius 2 is 1.63 bits per heavy atom. The van der Waals surface area contributed by atoms with Crippen LogP contribution >= 0.6 is 11.3 Å². The highest BCUT2D eigenvalue weighted by Gasteiger charge is 2.33. The molecule has 0 bridgehead atoms. The lowest BCUT2D eigenvalue weighted by Gasteiger charge is -2.41. The Kier molecular flexibility index (Phi) is 7.07. The van der Waals surface area contributed by atoms with Crippen molar-refractivity contribution in [3.05, 3.63) is 11.1 Å². The van der Waals surface area contributed by atoms with Crippen LogP contribution in [-0.4, -0.2) is 53.1 Å². The Bertz CT molecular complexity index is 621. The van der Waals surface area contributed by atoms with Gasteiger partial charge in [0.25, 0.3) is 5.91 Å². The summed E-state index contributed by atoms with van der Waals surface area (Å²) in [5.74, 6) is -0.271. The molecule has 8 heteroatoms. The zero-order valence-corrected chi connectivity index (χ0v) is 17.1. The number of hydrogen-bond donors (Lipinski definition) is 1. The molecule has 0 saturated heterocycles. The zero-order chi connectivity index (χ0) is 19.2. The molecule has 0 atom stereocenters. The third kappa shape index (κ3) is 4.99. The number of nitrogens with one attached hydrogen (secondary N) is 1. The third-order valence-corrected chi connectivity index (χ3v) is 6.56. The number of hydroxylamine groups is 2. The van der Waals surface area contributed by atoms with Crippen LogP contribution in [-0.2, 0) is 4.84 Å². The average molecular weight is 395 g/mol. The van der Waals surface area contributed by atoms with Gasteiger partial charge >= 0.3 is 6.03 Å².